The summed E-state index contributed by atoms with van der Waals surface area (Å²) in [6, 6.07) is 27.2. The zero-order chi connectivity index (χ0) is 25.2. The normalized spacial score (nSPS) is 11.8. The molecule has 10 heteroatoms. The Labute approximate surface area is 213 Å². The van der Waals surface area contributed by atoms with Crippen LogP contribution in [0.15, 0.2) is 95.2 Å². The van der Waals surface area contributed by atoms with Crippen LogP contribution in [0.3, 0.4) is 0 Å². The lowest BCUT2D eigenvalue weighted by molar-refractivity contribution is -0.119. The minimum atomic E-state index is -0.126. The molecule has 4 N–H and O–H groups in total. The monoisotopic (exact) mass is 501 g/mol. The number of ether oxygens (including phenoxy) is 1. The van der Waals surface area contributed by atoms with Crippen LogP contribution in [0.25, 0.3) is 0 Å². The Morgan fingerprint density at radius 1 is 1.06 bits per heavy atom. The number of hydrogen-bond donors (Lipinski definition) is 3. The molecule has 1 aromatic heterocycles. The molecule has 9 nitrogen and oxygen atoms in total. The third-order valence-corrected chi connectivity index (χ3v) is 6.14. The molecule has 0 saturated carbocycles. The Hall–Kier alpha value is -4.31. The molecule has 4 aromatic rings. The number of anilines is 1. The summed E-state index contributed by atoms with van der Waals surface area (Å²) in [5.74, 6) is 7.06. The highest BCUT2D eigenvalue weighted by atomic mass is 32.2. The largest absolute Gasteiger partial charge is 0.488 e. The molecule has 1 unspecified atom stereocenters. The molecular weight excluding hydrogens is 474 g/mol. The van der Waals surface area contributed by atoms with Gasteiger partial charge in [0.05, 0.1) is 18.0 Å². The summed E-state index contributed by atoms with van der Waals surface area (Å²) in [6.45, 7) is 2.39. The van der Waals surface area contributed by atoms with Gasteiger partial charge in [-0.25, -0.2) is 10.1 Å². The van der Waals surface area contributed by atoms with E-state index >= 15 is 0 Å². The van der Waals surface area contributed by atoms with Gasteiger partial charge in [-0.3, -0.25) is 4.79 Å². The van der Waals surface area contributed by atoms with Crippen molar-refractivity contribution in [2.75, 3.05) is 17.0 Å². The number of aromatic nitrogens is 3. The van der Waals surface area contributed by atoms with Crippen molar-refractivity contribution in [3.63, 3.8) is 0 Å². The summed E-state index contributed by atoms with van der Waals surface area (Å²) in [5, 5.41) is 15.6. The second-order valence-electron chi connectivity index (χ2n) is 7.85. The average molecular weight is 502 g/mol. The Balaban J connectivity index is 1.29. The molecule has 0 aliphatic carbocycles. The van der Waals surface area contributed by atoms with Crippen LogP contribution in [0.2, 0.25) is 0 Å². The second-order valence-corrected chi connectivity index (χ2v) is 8.79. The van der Waals surface area contributed by atoms with Gasteiger partial charge in [0, 0.05) is 5.56 Å². The molecule has 0 aliphatic rings. The highest BCUT2D eigenvalue weighted by Gasteiger charge is 2.14. The number of hydrogen-bond acceptors (Lipinski definition) is 8. The molecule has 0 radical (unpaired) electrons. The lowest BCUT2D eigenvalue weighted by Gasteiger charge is -2.13. The molecule has 3 aromatic carbocycles. The van der Waals surface area contributed by atoms with Gasteiger partial charge in [0.25, 0.3) is 5.95 Å². The molecule has 1 atom stereocenters. The number of carbonyl (C=O) groups is 1. The number of para-hydroxylation sites is 1. The zero-order valence-electron chi connectivity index (χ0n) is 19.7. The van der Waals surface area contributed by atoms with Gasteiger partial charge in [-0.1, -0.05) is 84.6 Å². The first-order chi connectivity index (χ1) is 17.6. The first kappa shape index (κ1) is 24.8. The fourth-order valence-corrected chi connectivity index (χ4v) is 3.97. The summed E-state index contributed by atoms with van der Waals surface area (Å²) in [6.07, 6.45) is 1.63. The fraction of sp³-hybridized carbons (Fsp3) is 0.154. The van der Waals surface area contributed by atoms with Crippen molar-refractivity contribution in [1.82, 2.24) is 20.2 Å². The number of carbonyl (C=O) groups excluding carboxylic acids is 1. The number of rotatable bonds is 11. The fourth-order valence-electron chi connectivity index (χ4n) is 3.30. The maximum Gasteiger partial charge on any atom is 0.264 e. The molecule has 36 heavy (non-hydrogen) atoms. The van der Waals surface area contributed by atoms with E-state index in [9.17, 15) is 4.79 Å². The van der Waals surface area contributed by atoms with Crippen LogP contribution in [0.1, 0.15) is 29.7 Å². The lowest BCUT2D eigenvalue weighted by Crippen LogP contribution is -2.28. The van der Waals surface area contributed by atoms with E-state index in [1.165, 1.54) is 16.4 Å². The quantitative estimate of drug-likeness (QED) is 0.123. The standard InChI is InChI=1S/C26H27N7O2S/c1-19(21-12-6-3-7-13-21)29-24(34)18-36-26-32-31-25(33(26)27)30-28-16-22-14-8-9-15-23(22)35-17-20-10-4-2-5-11-20/h2-16,19H,17-18,27H2,1H3,(H,29,34)(H,30,31)/b28-16+. The number of thioether (sulfide) groups is 1. The zero-order valence-corrected chi connectivity index (χ0v) is 20.6. The van der Waals surface area contributed by atoms with Crippen molar-refractivity contribution >= 4 is 29.8 Å². The van der Waals surface area contributed by atoms with Gasteiger partial charge in [0.1, 0.15) is 12.4 Å². The SMILES string of the molecule is CC(NC(=O)CSc1nnc(N/N=C/c2ccccc2OCc2ccccc2)n1N)c1ccccc1. The van der Waals surface area contributed by atoms with Crippen molar-refractivity contribution in [3.8, 4) is 5.75 Å². The Bertz CT molecular complexity index is 1300. The first-order valence-corrected chi connectivity index (χ1v) is 12.3. The van der Waals surface area contributed by atoms with Gasteiger partial charge in [-0.2, -0.15) is 5.10 Å². The Kier molecular flexibility index (Phi) is 8.55. The summed E-state index contributed by atoms with van der Waals surface area (Å²) >= 11 is 1.19. The molecule has 0 bridgehead atoms. The molecule has 184 valence electrons. The van der Waals surface area contributed by atoms with E-state index in [2.05, 4.69) is 26.0 Å². The topological polar surface area (TPSA) is 119 Å². The number of nitrogens with one attached hydrogen (secondary N) is 2. The van der Waals surface area contributed by atoms with Gasteiger partial charge >= 0.3 is 0 Å². The summed E-state index contributed by atoms with van der Waals surface area (Å²) in [7, 11) is 0. The average Bonchev–Trinajstić information content (AvgIpc) is 3.27. The van der Waals surface area contributed by atoms with Crippen LogP contribution in [-0.4, -0.2) is 32.7 Å². The maximum absolute atomic E-state index is 12.3. The van der Waals surface area contributed by atoms with E-state index in [0.717, 1.165) is 16.7 Å². The summed E-state index contributed by atoms with van der Waals surface area (Å²) in [4.78, 5) is 12.3. The first-order valence-electron chi connectivity index (χ1n) is 11.3. The van der Waals surface area contributed by atoms with E-state index in [0.29, 0.717) is 17.5 Å². The summed E-state index contributed by atoms with van der Waals surface area (Å²) in [5.41, 5.74) is 5.69. The number of amides is 1. The van der Waals surface area contributed by atoms with Crippen molar-refractivity contribution in [1.29, 1.82) is 0 Å². The molecule has 0 aliphatic heterocycles. The molecule has 0 saturated heterocycles. The van der Waals surface area contributed by atoms with Crippen LogP contribution in [-0.2, 0) is 11.4 Å². The molecule has 0 spiro atoms. The number of nitrogens with two attached hydrogens (primary N) is 1. The van der Waals surface area contributed by atoms with Crippen LogP contribution in [0, 0.1) is 0 Å². The van der Waals surface area contributed by atoms with Crippen LogP contribution >= 0.6 is 11.8 Å². The number of benzene rings is 3. The third kappa shape index (κ3) is 6.86. The van der Waals surface area contributed by atoms with Gasteiger partial charge in [-0.05, 0) is 30.2 Å². The predicted molar refractivity (Wildman–Crippen MR) is 142 cm³/mol. The number of hydrazone groups is 1. The van der Waals surface area contributed by atoms with Crippen molar-refractivity contribution in [3.05, 3.63) is 102 Å². The van der Waals surface area contributed by atoms with Crippen molar-refractivity contribution in [2.24, 2.45) is 5.10 Å². The van der Waals surface area contributed by atoms with Crippen molar-refractivity contribution < 1.29 is 9.53 Å². The molecule has 1 heterocycles. The van der Waals surface area contributed by atoms with E-state index in [1.54, 1.807) is 6.21 Å². The van der Waals surface area contributed by atoms with Crippen LogP contribution in [0.4, 0.5) is 5.95 Å². The maximum atomic E-state index is 12.3. The predicted octanol–water partition coefficient (Wildman–Crippen LogP) is 3.99. The molecule has 4 rings (SSSR count). The number of nitrogen functional groups attached to an aromatic ring is 1. The van der Waals surface area contributed by atoms with Crippen LogP contribution in [0.5, 0.6) is 5.75 Å². The summed E-state index contributed by atoms with van der Waals surface area (Å²) < 4.78 is 7.20. The van der Waals surface area contributed by atoms with E-state index in [-0.39, 0.29) is 23.7 Å². The smallest absolute Gasteiger partial charge is 0.264 e. The Morgan fingerprint density at radius 2 is 1.75 bits per heavy atom. The van der Waals surface area contributed by atoms with Gasteiger partial charge in [0.15, 0.2) is 0 Å². The minimum Gasteiger partial charge on any atom is -0.488 e. The third-order valence-electron chi connectivity index (χ3n) is 5.20. The Morgan fingerprint density at radius 3 is 2.53 bits per heavy atom. The number of nitrogens with zero attached hydrogens (tertiary/aromatic N) is 4. The molecular formula is C26H27N7O2S. The van der Waals surface area contributed by atoms with Gasteiger partial charge < -0.3 is 15.9 Å². The van der Waals surface area contributed by atoms with E-state index in [4.69, 9.17) is 10.6 Å². The van der Waals surface area contributed by atoms with E-state index in [1.807, 2.05) is 91.9 Å². The van der Waals surface area contributed by atoms with Crippen molar-refractivity contribution in [2.45, 2.75) is 24.7 Å². The van der Waals surface area contributed by atoms with Gasteiger partial charge in [0.2, 0.25) is 11.1 Å². The van der Waals surface area contributed by atoms with E-state index < -0.39 is 0 Å². The van der Waals surface area contributed by atoms with Gasteiger partial charge in [-0.15, -0.1) is 10.2 Å². The highest BCUT2D eigenvalue weighted by molar-refractivity contribution is 7.99. The highest BCUT2D eigenvalue weighted by Crippen LogP contribution is 2.19. The lowest BCUT2D eigenvalue weighted by atomic mass is 10.1. The molecule has 0 fully saturated rings. The van der Waals surface area contributed by atoms with Crippen LogP contribution < -0.4 is 21.3 Å². The second kappa shape index (κ2) is 12.4. The molecule has 1 amide bonds. The minimum absolute atomic E-state index is 0.0961.